The molecular weight excluding hydrogens is 120 g/mol. The van der Waals surface area contributed by atoms with E-state index in [-0.39, 0.29) is 0 Å². The van der Waals surface area contributed by atoms with Crippen LogP contribution in [0.25, 0.3) is 0 Å². The standard InChI is InChI=1S/C10H14/c1-2-6-9(5-1)10-7-3-4-8-10/h9-10H,1-3,5-7H2. The Kier molecular flexibility index (Phi) is 1.67. The van der Waals surface area contributed by atoms with Crippen molar-refractivity contribution in [3.05, 3.63) is 0 Å². The minimum atomic E-state index is 0.794. The summed E-state index contributed by atoms with van der Waals surface area (Å²) in [7, 11) is 0. The molecule has 0 radical (unpaired) electrons. The average molecular weight is 134 g/mol. The van der Waals surface area contributed by atoms with Crippen molar-refractivity contribution in [1.29, 1.82) is 0 Å². The Labute approximate surface area is 63.0 Å². The molecule has 2 aliphatic rings. The first-order valence-electron chi connectivity index (χ1n) is 4.45. The van der Waals surface area contributed by atoms with E-state index in [1.165, 1.54) is 38.5 Å². The molecule has 0 N–H and O–H groups in total. The largest absolute Gasteiger partial charge is 0.103 e. The molecule has 0 spiro atoms. The van der Waals surface area contributed by atoms with Crippen LogP contribution < -0.4 is 0 Å². The summed E-state index contributed by atoms with van der Waals surface area (Å²) >= 11 is 0. The molecule has 2 aliphatic carbocycles. The third-order valence-electron chi connectivity index (χ3n) is 2.84. The van der Waals surface area contributed by atoms with Gasteiger partial charge in [-0.05, 0) is 25.2 Å². The summed E-state index contributed by atoms with van der Waals surface area (Å²) in [6.07, 6.45) is 8.34. The summed E-state index contributed by atoms with van der Waals surface area (Å²) in [5, 5.41) is 0. The summed E-state index contributed by atoms with van der Waals surface area (Å²) in [5.74, 6) is 8.32. The van der Waals surface area contributed by atoms with Gasteiger partial charge in [-0.2, -0.15) is 0 Å². The van der Waals surface area contributed by atoms with Crippen molar-refractivity contribution >= 4 is 0 Å². The lowest BCUT2D eigenvalue weighted by Crippen LogP contribution is -2.06. The first kappa shape index (κ1) is 6.28. The molecule has 10 heavy (non-hydrogen) atoms. The Hall–Kier alpha value is -0.440. The molecule has 0 aromatic heterocycles. The number of hydrogen-bond donors (Lipinski definition) is 0. The van der Waals surface area contributed by atoms with Crippen LogP contribution in [0.2, 0.25) is 0 Å². The monoisotopic (exact) mass is 134 g/mol. The first-order valence-corrected chi connectivity index (χ1v) is 4.45. The van der Waals surface area contributed by atoms with E-state index in [9.17, 15) is 0 Å². The summed E-state index contributed by atoms with van der Waals surface area (Å²) in [6.45, 7) is 0. The zero-order chi connectivity index (χ0) is 6.81. The maximum absolute atomic E-state index is 3.35. The second-order valence-electron chi connectivity index (χ2n) is 3.51. The van der Waals surface area contributed by atoms with E-state index in [0.29, 0.717) is 0 Å². The third-order valence-corrected chi connectivity index (χ3v) is 2.84. The van der Waals surface area contributed by atoms with Crippen LogP contribution in [-0.2, 0) is 0 Å². The van der Waals surface area contributed by atoms with Crippen LogP contribution in [0.5, 0.6) is 0 Å². The Morgan fingerprint density at radius 2 is 1.80 bits per heavy atom. The Bertz CT molecular complexity index is 164. The highest BCUT2D eigenvalue weighted by Crippen LogP contribution is 2.34. The van der Waals surface area contributed by atoms with E-state index in [2.05, 4.69) is 11.8 Å². The predicted octanol–water partition coefficient (Wildman–Crippen LogP) is 2.59. The van der Waals surface area contributed by atoms with Gasteiger partial charge in [-0.25, -0.2) is 0 Å². The molecule has 0 heterocycles. The van der Waals surface area contributed by atoms with Gasteiger partial charge < -0.3 is 0 Å². The van der Waals surface area contributed by atoms with Gasteiger partial charge in [0, 0.05) is 12.3 Å². The fourth-order valence-corrected chi connectivity index (χ4v) is 2.22. The maximum atomic E-state index is 3.35. The molecule has 0 aromatic carbocycles. The van der Waals surface area contributed by atoms with Crippen LogP contribution in [0.15, 0.2) is 0 Å². The van der Waals surface area contributed by atoms with Crippen LogP contribution in [0.4, 0.5) is 0 Å². The Morgan fingerprint density at radius 3 is 2.40 bits per heavy atom. The summed E-state index contributed by atoms with van der Waals surface area (Å²) < 4.78 is 0. The molecule has 0 aromatic rings. The summed E-state index contributed by atoms with van der Waals surface area (Å²) in [6, 6.07) is 0. The van der Waals surface area contributed by atoms with Crippen molar-refractivity contribution in [2.45, 2.75) is 38.5 Å². The molecular formula is C10H14. The van der Waals surface area contributed by atoms with E-state index in [1.54, 1.807) is 0 Å². The first-order chi connectivity index (χ1) is 4.97. The quantitative estimate of drug-likeness (QED) is 0.483. The number of hydrogen-bond acceptors (Lipinski definition) is 0. The molecule has 54 valence electrons. The Morgan fingerprint density at radius 1 is 1.00 bits per heavy atom. The van der Waals surface area contributed by atoms with Crippen LogP contribution in [0, 0.1) is 23.7 Å². The summed E-state index contributed by atoms with van der Waals surface area (Å²) in [4.78, 5) is 0. The molecule has 0 aliphatic heterocycles. The van der Waals surface area contributed by atoms with Crippen LogP contribution >= 0.6 is 0 Å². The zero-order valence-corrected chi connectivity index (χ0v) is 6.40. The fraction of sp³-hybridized carbons (Fsp3) is 0.800. The molecule has 0 amide bonds. The van der Waals surface area contributed by atoms with Gasteiger partial charge in [0.05, 0.1) is 0 Å². The molecule has 0 nitrogen and oxygen atoms in total. The predicted molar refractivity (Wildman–Crippen MR) is 42.5 cm³/mol. The van der Waals surface area contributed by atoms with Crippen molar-refractivity contribution in [2.75, 3.05) is 0 Å². The minimum Gasteiger partial charge on any atom is -0.103 e. The van der Waals surface area contributed by atoms with E-state index < -0.39 is 0 Å². The van der Waals surface area contributed by atoms with E-state index in [4.69, 9.17) is 0 Å². The van der Waals surface area contributed by atoms with Gasteiger partial charge in [-0.1, -0.05) is 18.8 Å². The van der Waals surface area contributed by atoms with Gasteiger partial charge in [-0.3, -0.25) is 0 Å². The lowest BCUT2D eigenvalue weighted by Gasteiger charge is -2.13. The molecule has 0 heteroatoms. The molecule has 1 unspecified atom stereocenters. The van der Waals surface area contributed by atoms with E-state index >= 15 is 0 Å². The van der Waals surface area contributed by atoms with Crippen LogP contribution in [-0.4, -0.2) is 0 Å². The smallest absolute Gasteiger partial charge is 0.0240 e. The SMILES string of the molecule is C1#CC(C2CCCC2)CC1. The highest BCUT2D eigenvalue weighted by Gasteiger charge is 2.24. The Balaban J connectivity index is 1.93. The van der Waals surface area contributed by atoms with Crippen molar-refractivity contribution in [3.8, 4) is 11.8 Å². The van der Waals surface area contributed by atoms with Gasteiger partial charge >= 0.3 is 0 Å². The second kappa shape index (κ2) is 2.66. The third kappa shape index (κ3) is 1.06. The van der Waals surface area contributed by atoms with E-state index in [1.807, 2.05) is 0 Å². The van der Waals surface area contributed by atoms with Crippen LogP contribution in [0.3, 0.4) is 0 Å². The molecule has 0 bridgehead atoms. The molecule has 2 rings (SSSR count). The van der Waals surface area contributed by atoms with Crippen molar-refractivity contribution in [2.24, 2.45) is 11.8 Å². The topological polar surface area (TPSA) is 0 Å². The van der Waals surface area contributed by atoms with Crippen molar-refractivity contribution in [1.82, 2.24) is 0 Å². The molecule has 1 saturated carbocycles. The second-order valence-corrected chi connectivity index (χ2v) is 3.51. The lowest BCUT2D eigenvalue weighted by molar-refractivity contribution is 0.408. The van der Waals surface area contributed by atoms with Gasteiger partial charge in [0.2, 0.25) is 0 Å². The van der Waals surface area contributed by atoms with E-state index in [0.717, 1.165) is 11.8 Å². The zero-order valence-electron chi connectivity index (χ0n) is 6.40. The van der Waals surface area contributed by atoms with Gasteiger partial charge in [0.25, 0.3) is 0 Å². The minimum absolute atomic E-state index is 0.794. The highest BCUT2D eigenvalue weighted by molar-refractivity contribution is 5.12. The molecule has 1 atom stereocenters. The van der Waals surface area contributed by atoms with Gasteiger partial charge in [0.15, 0.2) is 0 Å². The molecule has 1 fully saturated rings. The van der Waals surface area contributed by atoms with Crippen molar-refractivity contribution < 1.29 is 0 Å². The van der Waals surface area contributed by atoms with Crippen molar-refractivity contribution in [3.63, 3.8) is 0 Å². The summed E-state index contributed by atoms with van der Waals surface area (Å²) in [5.41, 5.74) is 0. The fourth-order valence-electron chi connectivity index (χ4n) is 2.22. The van der Waals surface area contributed by atoms with Gasteiger partial charge in [0.1, 0.15) is 0 Å². The maximum Gasteiger partial charge on any atom is 0.0240 e. The normalized spacial score (nSPS) is 32.2. The lowest BCUT2D eigenvalue weighted by atomic mass is 9.91. The highest BCUT2D eigenvalue weighted by atomic mass is 14.3. The molecule has 0 saturated heterocycles. The van der Waals surface area contributed by atoms with Gasteiger partial charge in [-0.15, -0.1) is 5.92 Å². The number of rotatable bonds is 1. The average Bonchev–Trinajstić information content (AvgIpc) is 2.59. The van der Waals surface area contributed by atoms with Crippen LogP contribution in [0.1, 0.15) is 38.5 Å².